The average Bonchev–Trinajstić information content (AvgIpc) is 2.17. The van der Waals surface area contributed by atoms with E-state index in [2.05, 4.69) is 5.32 Å². The lowest BCUT2D eigenvalue weighted by Crippen LogP contribution is -2.32. The lowest BCUT2D eigenvalue weighted by molar-refractivity contribution is -0.127. The molecule has 0 bridgehead atoms. The molecule has 3 nitrogen and oxygen atoms in total. The first-order valence-electron chi connectivity index (χ1n) is 4.75. The van der Waals surface area contributed by atoms with E-state index < -0.39 is 0 Å². The molecule has 0 saturated carbocycles. The molecule has 82 valence electrons. The molecule has 0 atom stereocenters. The van der Waals surface area contributed by atoms with Gasteiger partial charge in [-0.25, -0.2) is 4.39 Å². The summed E-state index contributed by atoms with van der Waals surface area (Å²) in [6, 6.07) is 6.32. The first kappa shape index (κ1) is 11.7. The second-order valence-corrected chi connectivity index (χ2v) is 3.52. The Morgan fingerprint density at radius 3 is 2.80 bits per heavy atom. The lowest BCUT2D eigenvalue weighted by Gasteiger charge is -2.10. The summed E-state index contributed by atoms with van der Waals surface area (Å²) in [5.74, 6) is -0.250. The maximum Gasteiger partial charge on any atom is 0.236 e. The number of likely N-dealkylation sites (N-methyl/N-ethyl adjacent to an activating group) is 1. The molecule has 0 heterocycles. The second-order valence-electron chi connectivity index (χ2n) is 3.52. The number of benzene rings is 1. The van der Waals surface area contributed by atoms with Crippen LogP contribution in [0.5, 0.6) is 0 Å². The number of amides is 1. The highest BCUT2D eigenvalue weighted by Crippen LogP contribution is 2.02. The van der Waals surface area contributed by atoms with Gasteiger partial charge in [0.1, 0.15) is 5.82 Å². The molecule has 0 spiro atoms. The normalized spacial score (nSPS) is 10.1. The molecule has 4 heteroatoms. The summed E-state index contributed by atoms with van der Waals surface area (Å²) in [6.45, 7) is 0.765. The van der Waals surface area contributed by atoms with Crippen LogP contribution in [0, 0.1) is 5.82 Å². The van der Waals surface area contributed by atoms with Crippen molar-refractivity contribution in [2.75, 3.05) is 20.6 Å². The zero-order valence-corrected chi connectivity index (χ0v) is 8.96. The molecule has 0 aliphatic heterocycles. The Morgan fingerprint density at radius 1 is 1.47 bits per heavy atom. The molecule has 0 saturated heterocycles. The minimum absolute atomic E-state index is 0.00593. The molecular weight excluding hydrogens is 195 g/mol. The molecule has 1 amide bonds. The van der Waals surface area contributed by atoms with Gasteiger partial charge < -0.3 is 10.2 Å². The Labute approximate surface area is 88.9 Å². The van der Waals surface area contributed by atoms with Gasteiger partial charge in [0, 0.05) is 20.6 Å². The SMILES string of the molecule is CN(C)C(=O)CNCc1cccc(F)c1. The topological polar surface area (TPSA) is 32.3 Å². The van der Waals surface area contributed by atoms with E-state index >= 15 is 0 Å². The largest absolute Gasteiger partial charge is 0.348 e. The number of carbonyl (C=O) groups excluding carboxylic acids is 1. The van der Waals surface area contributed by atoms with Crippen molar-refractivity contribution < 1.29 is 9.18 Å². The summed E-state index contributed by atoms with van der Waals surface area (Å²) in [7, 11) is 3.40. The van der Waals surface area contributed by atoms with Crippen molar-refractivity contribution in [1.82, 2.24) is 10.2 Å². The zero-order valence-electron chi connectivity index (χ0n) is 8.96. The monoisotopic (exact) mass is 210 g/mol. The fourth-order valence-corrected chi connectivity index (χ4v) is 1.12. The Hall–Kier alpha value is -1.42. The summed E-state index contributed by atoms with van der Waals surface area (Å²) in [5.41, 5.74) is 0.835. The first-order valence-corrected chi connectivity index (χ1v) is 4.75. The van der Waals surface area contributed by atoms with Gasteiger partial charge in [0.05, 0.1) is 6.54 Å². The van der Waals surface area contributed by atoms with Crippen LogP contribution < -0.4 is 5.32 Å². The van der Waals surface area contributed by atoms with Gasteiger partial charge in [0.15, 0.2) is 0 Å². The predicted octanol–water partition coefficient (Wildman–Crippen LogP) is 1.00. The Morgan fingerprint density at radius 2 is 2.20 bits per heavy atom. The third-order valence-corrected chi connectivity index (χ3v) is 1.99. The summed E-state index contributed by atoms with van der Waals surface area (Å²) in [5, 5.41) is 2.95. The van der Waals surface area contributed by atoms with E-state index in [0.717, 1.165) is 5.56 Å². The third kappa shape index (κ3) is 4.08. The molecular formula is C11H15FN2O. The highest BCUT2D eigenvalue weighted by Gasteiger charge is 2.02. The smallest absolute Gasteiger partial charge is 0.236 e. The highest BCUT2D eigenvalue weighted by atomic mass is 19.1. The quantitative estimate of drug-likeness (QED) is 0.804. The summed E-state index contributed by atoms with van der Waals surface area (Å²) in [6.07, 6.45) is 0. The molecule has 0 aliphatic rings. The van der Waals surface area contributed by atoms with E-state index in [0.29, 0.717) is 6.54 Å². The maximum atomic E-state index is 12.8. The van der Waals surface area contributed by atoms with Crippen molar-refractivity contribution in [2.45, 2.75) is 6.54 Å². The third-order valence-electron chi connectivity index (χ3n) is 1.99. The first-order chi connectivity index (χ1) is 7.09. The zero-order chi connectivity index (χ0) is 11.3. The Kier molecular flexibility index (Phi) is 4.24. The van der Waals surface area contributed by atoms with Gasteiger partial charge >= 0.3 is 0 Å². The number of hydrogen-bond acceptors (Lipinski definition) is 2. The summed E-state index contributed by atoms with van der Waals surface area (Å²) < 4.78 is 12.8. The van der Waals surface area contributed by atoms with Crippen LogP contribution in [0.1, 0.15) is 5.56 Å². The fourth-order valence-electron chi connectivity index (χ4n) is 1.12. The van der Waals surface area contributed by atoms with Crippen LogP contribution in [-0.2, 0) is 11.3 Å². The summed E-state index contributed by atoms with van der Waals surface area (Å²) >= 11 is 0. The molecule has 1 aromatic rings. The second kappa shape index (κ2) is 5.46. The Balaban J connectivity index is 2.35. The van der Waals surface area contributed by atoms with E-state index in [1.807, 2.05) is 6.07 Å². The molecule has 15 heavy (non-hydrogen) atoms. The van der Waals surface area contributed by atoms with E-state index in [9.17, 15) is 9.18 Å². The highest BCUT2D eigenvalue weighted by molar-refractivity contribution is 5.77. The van der Waals surface area contributed by atoms with Crippen LogP contribution in [0.15, 0.2) is 24.3 Å². The van der Waals surface area contributed by atoms with Crippen LogP contribution >= 0.6 is 0 Å². The lowest BCUT2D eigenvalue weighted by atomic mass is 10.2. The van der Waals surface area contributed by atoms with E-state index in [4.69, 9.17) is 0 Å². The molecule has 0 unspecified atom stereocenters. The van der Waals surface area contributed by atoms with Crippen molar-refractivity contribution in [2.24, 2.45) is 0 Å². The fraction of sp³-hybridized carbons (Fsp3) is 0.364. The molecule has 0 fully saturated rings. The van der Waals surface area contributed by atoms with Crippen molar-refractivity contribution in [1.29, 1.82) is 0 Å². The van der Waals surface area contributed by atoms with Gasteiger partial charge in [-0.3, -0.25) is 4.79 Å². The van der Waals surface area contributed by atoms with E-state index in [1.165, 1.54) is 17.0 Å². The predicted molar refractivity (Wildman–Crippen MR) is 56.8 cm³/mol. The van der Waals surface area contributed by atoms with Gasteiger partial charge in [0.2, 0.25) is 5.91 Å². The van der Waals surface area contributed by atoms with Gasteiger partial charge in [-0.2, -0.15) is 0 Å². The molecule has 1 N–H and O–H groups in total. The number of carbonyl (C=O) groups is 1. The van der Waals surface area contributed by atoms with Crippen molar-refractivity contribution >= 4 is 5.91 Å². The number of nitrogens with one attached hydrogen (secondary N) is 1. The van der Waals surface area contributed by atoms with Crippen molar-refractivity contribution in [3.8, 4) is 0 Å². The Bertz CT molecular complexity index is 339. The molecule has 0 aliphatic carbocycles. The van der Waals surface area contributed by atoms with E-state index in [1.54, 1.807) is 20.2 Å². The van der Waals surface area contributed by atoms with E-state index in [-0.39, 0.29) is 18.3 Å². The van der Waals surface area contributed by atoms with Gasteiger partial charge in [-0.15, -0.1) is 0 Å². The summed E-state index contributed by atoms with van der Waals surface area (Å²) in [4.78, 5) is 12.7. The van der Waals surface area contributed by atoms with Gasteiger partial charge in [0.25, 0.3) is 0 Å². The molecule has 0 aromatic heterocycles. The number of nitrogens with zero attached hydrogens (tertiary/aromatic N) is 1. The van der Waals surface area contributed by atoms with Gasteiger partial charge in [-0.05, 0) is 17.7 Å². The molecule has 0 radical (unpaired) electrons. The minimum atomic E-state index is -0.256. The van der Waals surface area contributed by atoms with Crippen LogP contribution in [0.25, 0.3) is 0 Å². The molecule has 1 rings (SSSR count). The maximum absolute atomic E-state index is 12.8. The van der Waals surface area contributed by atoms with Gasteiger partial charge in [-0.1, -0.05) is 12.1 Å². The van der Waals surface area contributed by atoms with Crippen LogP contribution in [-0.4, -0.2) is 31.4 Å². The number of halogens is 1. The number of rotatable bonds is 4. The number of hydrogen-bond donors (Lipinski definition) is 1. The van der Waals surface area contributed by atoms with Crippen LogP contribution in [0.3, 0.4) is 0 Å². The molecule has 1 aromatic carbocycles. The minimum Gasteiger partial charge on any atom is -0.348 e. The average molecular weight is 210 g/mol. The van der Waals surface area contributed by atoms with Crippen LogP contribution in [0.2, 0.25) is 0 Å². The van der Waals surface area contributed by atoms with Crippen molar-refractivity contribution in [3.05, 3.63) is 35.6 Å². The van der Waals surface area contributed by atoms with Crippen molar-refractivity contribution in [3.63, 3.8) is 0 Å². The van der Waals surface area contributed by atoms with Crippen LogP contribution in [0.4, 0.5) is 4.39 Å². The standard InChI is InChI=1S/C11H15FN2O/c1-14(2)11(15)8-13-7-9-4-3-5-10(12)6-9/h3-6,13H,7-8H2,1-2H3.